The van der Waals surface area contributed by atoms with Crippen molar-refractivity contribution in [1.29, 1.82) is 0 Å². The van der Waals surface area contributed by atoms with Crippen LogP contribution in [0.15, 0.2) is 0 Å². The van der Waals surface area contributed by atoms with Crippen molar-refractivity contribution in [3.05, 3.63) is 0 Å². The highest BCUT2D eigenvalue weighted by Crippen LogP contribution is 2.62. The predicted molar refractivity (Wildman–Crippen MR) is 64.8 cm³/mol. The van der Waals surface area contributed by atoms with Crippen LogP contribution >= 0.6 is 0 Å². The molecule has 0 spiro atoms. The molecule has 4 atom stereocenters. The smallest absolute Gasteiger partial charge is 0.234 e. The third-order valence-corrected chi connectivity index (χ3v) is 5.11. The molecule has 92 valence electrons. The lowest BCUT2D eigenvalue weighted by Crippen LogP contribution is -2.55. The SMILES string of the molecule is CC(NC1C(C)(C)[C@H]2CC[C@]1(C)C2)C(N)=O. The van der Waals surface area contributed by atoms with Crippen LogP contribution in [0.5, 0.6) is 0 Å². The monoisotopic (exact) mass is 224 g/mol. The molecule has 3 nitrogen and oxygen atoms in total. The molecule has 0 aliphatic heterocycles. The molecule has 0 saturated heterocycles. The molecule has 0 heterocycles. The molecule has 2 rings (SSSR count). The first kappa shape index (κ1) is 11.9. The second kappa shape index (κ2) is 3.46. The second-order valence-corrected chi connectivity index (χ2v) is 6.64. The summed E-state index contributed by atoms with van der Waals surface area (Å²) in [5.41, 5.74) is 5.99. The molecule has 2 bridgehead atoms. The molecular formula is C13H24N2O. The number of carbonyl (C=O) groups is 1. The third-order valence-electron chi connectivity index (χ3n) is 5.11. The van der Waals surface area contributed by atoms with E-state index in [1.807, 2.05) is 6.92 Å². The van der Waals surface area contributed by atoms with E-state index >= 15 is 0 Å². The molecule has 16 heavy (non-hydrogen) atoms. The molecule has 0 radical (unpaired) electrons. The van der Waals surface area contributed by atoms with E-state index in [-0.39, 0.29) is 17.4 Å². The van der Waals surface area contributed by atoms with Gasteiger partial charge in [0.05, 0.1) is 6.04 Å². The van der Waals surface area contributed by atoms with Gasteiger partial charge in [-0.3, -0.25) is 4.79 Å². The lowest BCUT2D eigenvalue weighted by atomic mass is 9.68. The van der Waals surface area contributed by atoms with Gasteiger partial charge in [0.2, 0.25) is 5.91 Å². The van der Waals surface area contributed by atoms with Crippen LogP contribution in [0.25, 0.3) is 0 Å². The fourth-order valence-corrected chi connectivity index (χ4v) is 4.05. The molecule has 2 unspecified atom stereocenters. The van der Waals surface area contributed by atoms with Gasteiger partial charge < -0.3 is 11.1 Å². The fourth-order valence-electron chi connectivity index (χ4n) is 4.05. The van der Waals surface area contributed by atoms with Crippen LogP contribution in [0.1, 0.15) is 47.0 Å². The van der Waals surface area contributed by atoms with Crippen LogP contribution in [0, 0.1) is 16.7 Å². The van der Waals surface area contributed by atoms with Crippen molar-refractivity contribution in [2.75, 3.05) is 0 Å². The van der Waals surface area contributed by atoms with Crippen molar-refractivity contribution in [1.82, 2.24) is 5.32 Å². The number of amides is 1. The molecule has 0 aromatic carbocycles. The highest BCUT2D eigenvalue weighted by molar-refractivity contribution is 5.79. The molecule has 3 N–H and O–H groups in total. The normalized spacial score (nSPS) is 42.2. The summed E-state index contributed by atoms with van der Waals surface area (Å²) in [5, 5.41) is 3.47. The lowest BCUT2D eigenvalue weighted by molar-refractivity contribution is -0.120. The minimum atomic E-state index is -0.248. The summed E-state index contributed by atoms with van der Waals surface area (Å²) in [6, 6.07) is 0.196. The fraction of sp³-hybridized carbons (Fsp3) is 0.923. The van der Waals surface area contributed by atoms with Crippen molar-refractivity contribution in [2.24, 2.45) is 22.5 Å². The van der Waals surface area contributed by atoms with Crippen molar-refractivity contribution < 1.29 is 4.79 Å². The van der Waals surface area contributed by atoms with E-state index < -0.39 is 0 Å². The number of hydrogen-bond acceptors (Lipinski definition) is 2. The Balaban J connectivity index is 2.17. The Morgan fingerprint density at radius 3 is 2.50 bits per heavy atom. The van der Waals surface area contributed by atoms with E-state index in [4.69, 9.17) is 5.73 Å². The van der Waals surface area contributed by atoms with Gasteiger partial charge in [-0.25, -0.2) is 0 Å². The molecule has 2 saturated carbocycles. The standard InChI is InChI=1S/C13H24N2O/c1-8(10(14)16)15-11-12(2,3)9-5-6-13(11,4)7-9/h8-9,11,15H,5-7H2,1-4H3,(H2,14,16)/t8?,9-,11?,13+/m0/s1. The minimum absolute atomic E-state index is 0.222. The van der Waals surface area contributed by atoms with E-state index in [1.54, 1.807) is 0 Å². The Morgan fingerprint density at radius 2 is 2.06 bits per heavy atom. The Hall–Kier alpha value is -0.570. The number of fused-ring (bicyclic) bond motifs is 2. The van der Waals surface area contributed by atoms with Crippen molar-refractivity contribution in [3.63, 3.8) is 0 Å². The number of nitrogens with one attached hydrogen (secondary N) is 1. The zero-order valence-corrected chi connectivity index (χ0v) is 10.8. The summed E-state index contributed by atoms with van der Waals surface area (Å²) in [4.78, 5) is 11.2. The Kier molecular flexibility index (Phi) is 2.57. The summed E-state index contributed by atoms with van der Waals surface area (Å²) in [7, 11) is 0. The average molecular weight is 224 g/mol. The number of nitrogens with two attached hydrogens (primary N) is 1. The van der Waals surface area contributed by atoms with Crippen LogP contribution in [0.4, 0.5) is 0 Å². The molecule has 2 aliphatic rings. The van der Waals surface area contributed by atoms with Gasteiger partial charge in [0.25, 0.3) is 0 Å². The minimum Gasteiger partial charge on any atom is -0.368 e. The zero-order chi connectivity index (χ0) is 12.1. The topological polar surface area (TPSA) is 55.1 Å². The third kappa shape index (κ3) is 1.56. The van der Waals surface area contributed by atoms with E-state index in [9.17, 15) is 4.79 Å². The Morgan fingerprint density at radius 1 is 1.44 bits per heavy atom. The Bertz CT molecular complexity index is 308. The van der Waals surface area contributed by atoms with Gasteiger partial charge >= 0.3 is 0 Å². The molecule has 0 aromatic rings. The van der Waals surface area contributed by atoms with Crippen molar-refractivity contribution in [3.8, 4) is 0 Å². The largest absolute Gasteiger partial charge is 0.368 e. The van der Waals surface area contributed by atoms with Crippen molar-refractivity contribution >= 4 is 5.91 Å². The molecule has 2 fully saturated rings. The second-order valence-electron chi connectivity index (χ2n) is 6.64. The first-order chi connectivity index (χ1) is 7.27. The van der Waals surface area contributed by atoms with E-state index in [1.165, 1.54) is 19.3 Å². The van der Waals surface area contributed by atoms with E-state index in [2.05, 4.69) is 26.1 Å². The van der Waals surface area contributed by atoms with Crippen LogP contribution in [0.2, 0.25) is 0 Å². The van der Waals surface area contributed by atoms with Crippen LogP contribution in [-0.4, -0.2) is 18.0 Å². The van der Waals surface area contributed by atoms with Gasteiger partial charge in [0.1, 0.15) is 0 Å². The van der Waals surface area contributed by atoms with Crippen LogP contribution in [-0.2, 0) is 4.79 Å². The van der Waals surface area contributed by atoms with Gasteiger partial charge in [-0.2, -0.15) is 0 Å². The Labute approximate surface area is 98.2 Å². The summed E-state index contributed by atoms with van der Waals surface area (Å²) >= 11 is 0. The van der Waals surface area contributed by atoms with Gasteiger partial charge in [0, 0.05) is 6.04 Å². The van der Waals surface area contributed by atoms with E-state index in [0.29, 0.717) is 11.5 Å². The van der Waals surface area contributed by atoms with Gasteiger partial charge in [-0.05, 0) is 42.9 Å². The molecule has 1 amide bonds. The zero-order valence-electron chi connectivity index (χ0n) is 10.8. The summed E-state index contributed by atoms with van der Waals surface area (Å²) in [6.07, 6.45) is 3.92. The molecule has 2 aliphatic carbocycles. The van der Waals surface area contributed by atoms with Gasteiger partial charge in [-0.15, -0.1) is 0 Å². The number of hydrogen-bond donors (Lipinski definition) is 2. The maximum Gasteiger partial charge on any atom is 0.234 e. The lowest BCUT2D eigenvalue weighted by Gasteiger charge is -2.44. The number of primary amides is 1. The first-order valence-corrected chi connectivity index (χ1v) is 6.33. The van der Waals surface area contributed by atoms with Crippen LogP contribution in [0.3, 0.4) is 0 Å². The summed E-state index contributed by atoms with van der Waals surface area (Å²) in [6.45, 7) is 8.88. The quantitative estimate of drug-likeness (QED) is 0.766. The first-order valence-electron chi connectivity index (χ1n) is 6.33. The average Bonchev–Trinajstić information content (AvgIpc) is 2.63. The maximum absolute atomic E-state index is 11.2. The number of rotatable bonds is 3. The predicted octanol–water partition coefficient (Wildman–Crippen LogP) is 1.66. The van der Waals surface area contributed by atoms with Crippen LogP contribution < -0.4 is 11.1 Å². The molecule has 0 aromatic heterocycles. The number of carbonyl (C=O) groups excluding carboxylic acids is 1. The summed E-state index contributed by atoms with van der Waals surface area (Å²) < 4.78 is 0. The molecule has 3 heteroatoms. The van der Waals surface area contributed by atoms with E-state index in [0.717, 1.165) is 5.92 Å². The highest BCUT2D eigenvalue weighted by Gasteiger charge is 2.59. The van der Waals surface area contributed by atoms with Gasteiger partial charge in [0.15, 0.2) is 0 Å². The molecular weight excluding hydrogens is 200 g/mol. The van der Waals surface area contributed by atoms with Gasteiger partial charge in [-0.1, -0.05) is 20.8 Å². The maximum atomic E-state index is 11.2. The highest BCUT2D eigenvalue weighted by atomic mass is 16.1. The summed E-state index contributed by atoms with van der Waals surface area (Å²) in [5.74, 6) is 0.553. The van der Waals surface area contributed by atoms with Crippen molar-refractivity contribution in [2.45, 2.75) is 59.0 Å².